The summed E-state index contributed by atoms with van der Waals surface area (Å²) in [6.45, 7) is 2.76. The van der Waals surface area contributed by atoms with Crippen LogP contribution in [0.5, 0.6) is 0 Å². The van der Waals surface area contributed by atoms with Crippen LogP contribution >= 0.6 is 0 Å². The van der Waals surface area contributed by atoms with Crippen LogP contribution in [0, 0.1) is 0 Å². The van der Waals surface area contributed by atoms with Gasteiger partial charge in [0.25, 0.3) is 0 Å². The normalized spacial score (nSPS) is 33.0. The molecule has 8 heavy (non-hydrogen) atoms. The standard InChI is InChI=1S/C6H12NO/c1-5(8)6-3-2-4-7-6/h5-7H,2-4H2,1H3/t5?,6-/m1/s1. The van der Waals surface area contributed by atoms with Crippen LogP contribution in [0.2, 0.25) is 0 Å². The molecular weight excluding hydrogens is 102 g/mol. The van der Waals surface area contributed by atoms with E-state index in [-0.39, 0.29) is 6.04 Å². The molecule has 0 saturated carbocycles. The highest BCUT2D eigenvalue weighted by atomic mass is 16.3. The molecule has 1 heterocycles. The van der Waals surface area contributed by atoms with Crippen molar-refractivity contribution in [1.82, 2.24) is 5.32 Å². The van der Waals surface area contributed by atoms with Crippen LogP contribution in [-0.2, 0) is 5.11 Å². The van der Waals surface area contributed by atoms with Crippen molar-refractivity contribution in [1.29, 1.82) is 0 Å². The van der Waals surface area contributed by atoms with Crippen molar-refractivity contribution in [3.63, 3.8) is 0 Å². The number of rotatable bonds is 1. The summed E-state index contributed by atoms with van der Waals surface area (Å²) in [6, 6.07) is 0.259. The molecule has 1 unspecified atom stereocenters. The quantitative estimate of drug-likeness (QED) is 0.530. The first-order valence-electron chi connectivity index (χ1n) is 3.20. The lowest BCUT2D eigenvalue weighted by Crippen LogP contribution is -2.31. The summed E-state index contributed by atoms with van der Waals surface area (Å²) in [5.41, 5.74) is 0. The molecule has 0 aromatic heterocycles. The fourth-order valence-corrected chi connectivity index (χ4v) is 1.11. The summed E-state index contributed by atoms with van der Waals surface area (Å²) < 4.78 is 0. The van der Waals surface area contributed by atoms with E-state index in [0.717, 1.165) is 13.0 Å². The maximum absolute atomic E-state index is 10.7. The Kier molecular flexibility index (Phi) is 1.86. The maximum atomic E-state index is 10.7. The lowest BCUT2D eigenvalue weighted by atomic mass is 10.1. The second kappa shape index (κ2) is 2.46. The minimum atomic E-state index is -0.419. The van der Waals surface area contributed by atoms with E-state index in [1.54, 1.807) is 6.92 Å². The summed E-state index contributed by atoms with van der Waals surface area (Å²) in [7, 11) is 0. The Bertz CT molecular complexity index is 66.9. The molecule has 0 aromatic carbocycles. The van der Waals surface area contributed by atoms with Crippen molar-refractivity contribution in [2.75, 3.05) is 6.54 Å². The van der Waals surface area contributed by atoms with Gasteiger partial charge in [0, 0.05) is 6.04 Å². The first kappa shape index (κ1) is 6.05. The van der Waals surface area contributed by atoms with Gasteiger partial charge in [-0.3, -0.25) is 0 Å². The fourth-order valence-electron chi connectivity index (χ4n) is 1.11. The van der Waals surface area contributed by atoms with Crippen LogP contribution in [0.3, 0.4) is 0 Å². The number of hydrogen-bond donors (Lipinski definition) is 1. The lowest BCUT2D eigenvalue weighted by Gasteiger charge is -2.09. The Morgan fingerprint density at radius 2 is 2.50 bits per heavy atom. The Labute approximate surface area is 49.9 Å². The molecule has 0 aliphatic carbocycles. The molecule has 1 aliphatic rings. The Morgan fingerprint density at radius 3 is 2.75 bits per heavy atom. The van der Waals surface area contributed by atoms with Gasteiger partial charge in [-0.1, -0.05) is 0 Å². The summed E-state index contributed by atoms with van der Waals surface area (Å²) >= 11 is 0. The second-order valence-corrected chi connectivity index (χ2v) is 2.41. The van der Waals surface area contributed by atoms with E-state index >= 15 is 0 Å². The maximum Gasteiger partial charge on any atom is 0.105 e. The molecule has 1 rings (SSSR count). The molecule has 0 bridgehead atoms. The fraction of sp³-hybridized carbons (Fsp3) is 1.00. The zero-order valence-corrected chi connectivity index (χ0v) is 5.18. The third-order valence-corrected chi connectivity index (χ3v) is 1.67. The average molecular weight is 114 g/mol. The highest BCUT2D eigenvalue weighted by molar-refractivity contribution is 4.77. The number of hydrogen-bond acceptors (Lipinski definition) is 1. The van der Waals surface area contributed by atoms with Crippen LogP contribution in [0.15, 0.2) is 0 Å². The Balaban J connectivity index is 2.24. The molecule has 0 spiro atoms. The van der Waals surface area contributed by atoms with E-state index in [0.29, 0.717) is 0 Å². The lowest BCUT2D eigenvalue weighted by molar-refractivity contribution is 0.0755. The van der Waals surface area contributed by atoms with Gasteiger partial charge in [-0.05, 0) is 26.3 Å². The van der Waals surface area contributed by atoms with Crippen molar-refractivity contribution < 1.29 is 5.11 Å². The summed E-state index contributed by atoms with van der Waals surface area (Å²) in [6.07, 6.45) is 1.83. The van der Waals surface area contributed by atoms with Crippen molar-refractivity contribution in [2.24, 2.45) is 0 Å². The van der Waals surface area contributed by atoms with E-state index in [1.807, 2.05) is 0 Å². The SMILES string of the molecule is CC([O])[C@H]1CCCN1. The average Bonchev–Trinajstić information content (AvgIpc) is 2.12. The third kappa shape index (κ3) is 1.20. The largest absolute Gasteiger partial charge is 0.311 e. The van der Waals surface area contributed by atoms with E-state index in [2.05, 4.69) is 5.32 Å². The molecule has 0 amide bonds. The Hall–Kier alpha value is -0.0800. The van der Waals surface area contributed by atoms with Crippen molar-refractivity contribution >= 4 is 0 Å². The minimum Gasteiger partial charge on any atom is -0.311 e. The van der Waals surface area contributed by atoms with Gasteiger partial charge in [0.1, 0.15) is 6.10 Å². The smallest absolute Gasteiger partial charge is 0.105 e. The molecule has 1 aliphatic heterocycles. The van der Waals surface area contributed by atoms with Crippen LogP contribution in [0.1, 0.15) is 19.8 Å². The predicted molar refractivity (Wildman–Crippen MR) is 31.2 cm³/mol. The summed E-state index contributed by atoms with van der Waals surface area (Å²) in [4.78, 5) is 0. The molecule has 1 N–H and O–H groups in total. The molecule has 1 fully saturated rings. The van der Waals surface area contributed by atoms with Crippen LogP contribution < -0.4 is 5.32 Å². The van der Waals surface area contributed by atoms with E-state index in [9.17, 15) is 5.11 Å². The topological polar surface area (TPSA) is 31.9 Å². The van der Waals surface area contributed by atoms with Gasteiger partial charge < -0.3 is 5.32 Å². The highest BCUT2D eigenvalue weighted by Gasteiger charge is 2.19. The van der Waals surface area contributed by atoms with Crippen LogP contribution in [-0.4, -0.2) is 18.7 Å². The number of nitrogens with one attached hydrogen (secondary N) is 1. The monoisotopic (exact) mass is 114 g/mol. The van der Waals surface area contributed by atoms with Crippen molar-refractivity contribution in [3.05, 3.63) is 0 Å². The van der Waals surface area contributed by atoms with E-state index in [1.165, 1.54) is 6.42 Å². The predicted octanol–water partition coefficient (Wildman–Crippen LogP) is 0.557. The van der Waals surface area contributed by atoms with Gasteiger partial charge in [-0.15, -0.1) is 0 Å². The molecule has 47 valence electrons. The summed E-state index contributed by atoms with van der Waals surface area (Å²) in [5, 5.41) is 13.8. The third-order valence-electron chi connectivity index (χ3n) is 1.67. The molecule has 0 aromatic rings. The molecule has 2 atom stereocenters. The van der Waals surface area contributed by atoms with Crippen LogP contribution in [0.4, 0.5) is 0 Å². The minimum absolute atomic E-state index is 0.259. The molecule has 1 radical (unpaired) electrons. The van der Waals surface area contributed by atoms with Gasteiger partial charge in [-0.25, -0.2) is 5.11 Å². The molecular formula is C6H12NO. The zero-order chi connectivity index (χ0) is 5.98. The van der Waals surface area contributed by atoms with Gasteiger partial charge in [0.2, 0.25) is 0 Å². The van der Waals surface area contributed by atoms with Crippen LogP contribution in [0.25, 0.3) is 0 Å². The zero-order valence-electron chi connectivity index (χ0n) is 5.18. The first-order valence-corrected chi connectivity index (χ1v) is 3.20. The second-order valence-electron chi connectivity index (χ2n) is 2.41. The Morgan fingerprint density at radius 1 is 1.75 bits per heavy atom. The van der Waals surface area contributed by atoms with Crippen molar-refractivity contribution in [2.45, 2.75) is 31.9 Å². The molecule has 1 saturated heterocycles. The van der Waals surface area contributed by atoms with Gasteiger partial charge >= 0.3 is 0 Å². The van der Waals surface area contributed by atoms with Crippen molar-refractivity contribution in [3.8, 4) is 0 Å². The van der Waals surface area contributed by atoms with E-state index in [4.69, 9.17) is 0 Å². The molecule has 2 nitrogen and oxygen atoms in total. The van der Waals surface area contributed by atoms with Gasteiger partial charge in [0.05, 0.1) is 0 Å². The molecule has 2 heteroatoms. The summed E-state index contributed by atoms with van der Waals surface area (Å²) in [5.74, 6) is 0. The van der Waals surface area contributed by atoms with Gasteiger partial charge in [-0.2, -0.15) is 0 Å². The van der Waals surface area contributed by atoms with Gasteiger partial charge in [0.15, 0.2) is 0 Å². The first-order chi connectivity index (χ1) is 3.80. The van der Waals surface area contributed by atoms with E-state index < -0.39 is 6.10 Å². The highest BCUT2D eigenvalue weighted by Crippen LogP contribution is 2.08.